The Morgan fingerprint density at radius 1 is 1.34 bits per heavy atom. The molecule has 0 radical (unpaired) electrons. The summed E-state index contributed by atoms with van der Waals surface area (Å²) in [6.45, 7) is 10.9. The number of amidine groups is 1. The summed E-state index contributed by atoms with van der Waals surface area (Å²) in [4.78, 5) is 16.9. The van der Waals surface area contributed by atoms with Gasteiger partial charge < -0.3 is 30.0 Å². The van der Waals surface area contributed by atoms with E-state index in [4.69, 9.17) is 19.6 Å². The van der Waals surface area contributed by atoms with Gasteiger partial charge in [0.1, 0.15) is 28.3 Å². The number of methoxy groups -OCH3 is 1. The maximum absolute atomic E-state index is 12.8. The van der Waals surface area contributed by atoms with E-state index < -0.39 is 17.0 Å². The molecule has 1 unspecified atom stereocenters. The molecule has 2 heterocycles. The summed E-state index contributed by atoms with van der Waals surface area (Å²) in [5.74, 6) is -0.342. The van der Waals surface area contributed by atoms with Crippen LogP contribution in [0.5, 0.6) is 5.75 Å². The molecule has 0 saturated heterocycles. The number of anilines is 1. The van der Waals surface area contributed by atoms with Gasteiger partial charge in [0.25, 0.3) is 0 Å². The molecule has 1 atom stereocenters. The third kappa shape index (κ3) is 7.09. The third-order valence-electron chi connectivity index (χ3n) is 4.98. The number of nitrogens with one attached hydrogen (secondary N) is 1. The van der Waals surface area contributed by atoms with E-state index in [0.717, 1.165) is 16.9 Å². The minimum absolute atomic E-state index is 0.00913. The van der Waals surface area contributed by atoms with E-state index in [2.05, 4.69) is 24.2 Å². The van der Waals surface area contributed by atoms with Gasteiger partial charge in [-0.05, 0) is 24.5 Å². The number of carbonyl (C=O) groups excluding carboxylic acids is 1. The maximum atomic E-state index is 12.8. The van der Waals surface area contributed by atoms with Crippen molar-refractivity contribution in [3.63, 3.8) is 0 Å². The van der Waals surface area contributed by atoms with Crippen LogP contribution in [0.1, 0.15) is 51.9 Å². The molecule has 2 aromatic rings. The van der Waals surface area contributed by atoms with Crippen molar-refractivity contribution in [1.82, 2.24) is 4.31 Å². The zero-order chi connectivity index (χ0) is 26.1. The Labute approximate surface area is 212 Å². The van der Waals surface area contributed by atoms with Crippen LogP contribution in [0.4, 0.5) is 5.69 Å². The highest BCUT2D eigenvalue weighted by molar-refractivity contribution is 7.85. The van der Waals surface area contributed by atoms with Crippen LogP contribution in [0.2, 0.25) is 0 Å². The van der Waals surface area contributed by atoms with E-state index in [9.17, 15) is 14.1 Å². The van der Waals surface area contributed by atoms with Crippen molar-refractivity contribution in [1.29, 1.82) is 0 Å². The molecule has 35 heavy (non-hydrogen) atoms. The van der Waals surface area contributed by atoms with Gasteiger partial charge in [-0.1, -0.05) is 27.7 Å². The number of nitrogens with zero attached hydrogens (tertiary/aromatic N) is 2. The molecule has 4 N–H and O–H groups in total. The largest absolute Gasteiger partial charge is 0.504 e. The number of nitrogens with two attached hydrogens (primary N) is 1. The molecular formula is C23H34N4O6S2. The first-order valence-electron chi connectivity index (χ1n) is 11.2. The highest BCUT2D eigenvalue weighted by Crippen LogP contribution is 2.38. The predicted octanol–water partition coefficient (Wildman–Crippen LogP) is 3.92. The Kier molecular flexibility index (Phi) is 10.8. The van der Waals surface area contributed by atoms with Gasteiger partial charge in [0.05, 0.1) is 32.2 Å². The molecule has 0 aromatic carbocycles. The normalized spacial score (nSPS) is 13.7. The van der Waals surface area contributed by atoms with Crippen LogP contribution in [0, 0.1) is 0 Å². The van der Waals surface area contributed by atoms with E-state index in [-0.39, 0.29) is 46.1 Å². The quantitative estimate of drug-likeness (QED) is 0.117. The van der Waals surface area contributed by atoms with Gasteiger partial charge in [-0.3, -0.25) is 4.99 Å². The number of hydrogen-bond acceptors (Lipinski definition) is 9. The van der Waals surface area contributed by atoms with Crippen LogP contribution < -0.4 is 11.1 Å². The van der Waals surface area contributed by atoms with Crippen LogP contribution in [0.15, 0.2) is 42.8 Å². The molecule has 2 aromatic heterocycles. The summed E-state index contributed by atoms with van der Waals surface area (Å²) in [6, 6.07) is 1.89. The molecule has 10 nitrogen and oxygen atoms in total. The highest BCUT2D eigenvalue weighted by atomic mass is 32.2. The molecule has 194 valence electrons. The second-order valence-electron chi connectivity index (χ2n) is 7.61. The lowest BCUT2D eigenvalue weighted by Gasteiger charge is -2.16. The second-order valence-corrected chi connectivity index (χ2v) is 10.2. The lowest BCUT2D eigenvalue weighted by Crippen LogP contribution is -2.26. The first-order chi connectivity index (χ1) is 16.7. The fourth-order valence-corrected chi connectivity index (χ4v) is 5.39. The van der Waals surface area contributed by atoms with Crippen LogP contribution in [-0.2, 0) is 31.8 Å². The molecular weight excluding hydrogens is 492 g/mol. The minimum Gasteiger partial charge on any atom is -0.504 e. The molecule has 0 amide bonds. The third-order valence-corrected chi connectivity index (χ3v) is 7.96. The minimum atomic E-state index is -1.54. The van der Waals surface area contributed by atoms with Crippen molar-refractivity contribution in [3.05, 3.63) is 40.5 Å². The second kappa shape index (κ2) is 13.3. The Bertz CT molecular complexity index is 1090. The Morgan fingerprint density at radius 2 is 2.03 bits per heavy atom. The Balaban J connectivity index is 2.44. The smallest absolute Gasteiger partial charge is 0.375 e. The summed E-state index contributed by atoms with van der Waals surface area (Å²) < 4.78 is 30.7. The lowest BCUT2D eigenvalue weighted by molar-refractivity contribution is -0.142. The maximum Gasteiger partial charge on any atom is 0.375 e. The number of carbonyl (C=O) groups is 1. The zero-order valence-electron chi connectivity index (χ0n) is 20.9. The number of ether oxygens (including phenoxy) is 2. The van der Waals surface area contributed by atoms with Gasteiger partial charge in [0.2, 0.25) is 5.76 Å². The fourth-order valence-electron chi connectivity index (χ4n) is 3.00. The van der Waals surface area contributed by atoms with E-state index in [1.165, 1.54) is 7.11 Å². The van der Waals surface area contributed by atoms with E-state index in [0.29, 0.717) is 24.8 Å². The molecule has 0 aliphatic rings. The summed E-state index contributed by atoms with van der Waals surface area (Å²) in [5.41, 5.74) is 7.50. The van der Waals surface area contributed by atoms with Crippen molar-refractivity contribution in [2.24, 2.45) is 10.7 Å². The molecule has 12 heteroatoms. The van der Waals surface area contributed by atoms with Crippen LogP contribution in [-0.4, -0.2) is 52.2 Å². The standard InChI is InChI=1S/C23H34N4O6S2/c1-7-27(8-2)35(30)23-19(28)17(13-34-23)26-18(20(31-6)22(29)32-9-3)21(24)25-11-16-10-15(12-33-16)14(4)5/h10,12-14,26,28H,7-9,11H2,1-6H3,(H2,24,25)/b20-18+. The van der Waals surface area contributed by atoms with E-state index in [1.54, 1.807) is 22.9 Å². The van der Waals surface area contributed by atoms with Crippen molar-refractivity contribution < 1.29 is 28.0 Å². The van der Waals surface area contributed by atoms with Gasteiger partial charge in [-0.15, -0.1) is 11.3 Å². The van der Waals surface area contributed by atoms with Crippen molar-refractivity contribution in [2.45, 2.75) is 51.3 Å². The predicted molar refractivity (Wildman–Crippen MR) is 138 cm³/mol. The molecule has 2 rings (SSSR count). The van der Waals surface area contributed by atoms with E-state index >= 15 is 0 Å². The number of rotatable bonds is 13. The average molecular weight is 527 g/mol. The van der Waals surface area contributed by atoms with Gasteiger partial charge in [0.15, 0.2) is 9.96 Å². The number of aromatic hydroxyl groups is 1. The van der Waals surface area contributed by atoms with Crippen LogP contribution in [0.25, 0.3) is 0 Å². The number of hydrogen-bond donors (Lipinski definition) is 3. The number of thiophene rings is 1. The SMILES string of the molecule is CCOC(=O)/C(OC)=C(\Nc1csc(S(=O)N(CC)CC)c1O)C(N)=NCc1cc(C(C)C)co1. The van der Waals surface area contributed by atoms with Crippen molar-refractivity contribution in [3.8, 4) is 5.75 Å². The summed E-state index contributed by atoms with van der Waals surface area (Å²) in [6.07, 6.45) is 1.67. The number of aliphatic imine (C=N–C) groups is 1. The average Bonchev–Trinajstić information content (AvgIpc) is 3.45. The fraction of sp³-hybridized carbons (Fsp3) is 0.478. The summed E-state index contributed by atoms with van der Waals surface area (Å²) >= 11 is 1.12. The Hall–Kier alpha value is -2.83. The van der Waals surface area contributed by atoms with Crippen molar-refractivity contribution in [2.75, 3.05) is 32.1 Å². The van der Waals surface area contributed by atoms with Gasteiger partial charge >= 0.3 is 5.97 Å². The first-order valence-corrected chi connectivity index (χ1v) is 13.2. The molecule has 0 fully saturated rings. The van der Waals surface area contributed by atoms with Crippen molar-refractivity contribution >= 4 is 39.8 Å². The lowest BCUT2D eigenvalue weighted by atomic mass is 10.1. The van der Waals surface area contributed by atoms with Gasteiger partial charge in [-0.25, -0.2) is 13.3 Å². The van der Waals surface area contributed by atoms with Crippen LogP contribution >= 0.6 is 11.3 Å². The van der Waals surface area contributed by atoms with Gasteiger partial charge in [0, 0.05) is 18.5 Å². The van der Waals surface area contributed by atoms with E-state index in [1.807, 2.05) is 19.9 Å². The monoisotopic (exact) mass is 526 g/mol. The molecule has 0 aliphatic carbocycles. The first kappa shape index (κ1) is 28.4. The van der Waals surface area contributed by atoms with Crippen LogP contribution in [0.3, 0.4) is 0 Å². The number of furan rings is 1. The molecule has 0 saturated carbocycles. The summed E-state index contributed by atoms with van der Waals surface area (Å²) in [5, 5.41) is 15.3. The molecule has 0 bridgehead atoms. The topological polar surface area (TPSA) is 140 Å². The number of esters is 1. The molecule has 0 spiro atoms. The zero-order valence-corrected chi connectivity index (χ0v) is 22.5. The Morgan fingerprint density at radius 3 is 2.57 bits per heavy atom. The summed E-state index contributed by atoms with van der Waals surface area (Å²) in [7, 11) is -0.240. The van der Waals surface area contributed by atoms with Gasteiger partial charge in [-0.2, -0.15) is 0 Å². The highest BCUT2D eigenvalue weighted by Gasteiger charge is 2.25. The molecule has 0 aliphatic heterocycles.